The van der Waals surface area contributed by atoms with Gasteiger partial charge in [-0.2, -0.15) is 26.3 Å². The molecule has 1 atom stereocenters. The van der Waals surface area contributed by atoms with Crippen LogP contribution in [0.3, 0.4) is 0 Å². The van der Waals surface area contributed by atoms with Crippen LogP contribution in [-0.4, -0.2) is 38.8 Å². The lowest BCUT2D eigenvalue weighted by Gasteiger charge is -2.33. The summed E-state index contributed by atoms with van der Waals surface area (Å²) in [7, 11) is -4.19. The molecule has 0 spiro atoms. The summed E-state index contributed by atoms with van der Waals surface area (Å²) in [6.07, 6.45) is -10.0. The van der Waals surface area contributed by atoms with Crippen LogP contribution in [0.1, 0.15) is 40.7 Å². The molecule has 2 aliphatic rings. The van der Waals surface area contributed by atoms with Gasteiger partial charge in [-0.3, -0.25) is 4.90 Å². The number of nitrogens with zero attached hydrogens (tertiary/aromatic N) is 1. The first-order valence-electron chi connectivity index (χ1n) is 12.8. The van der Waals surface area contributed by atoms with Gasteiger partial charge in [-0.1, -0.05) is 60.7 Å². The van der Waals surface area contributed by atoms with E-state index in [0.717, 1.165) is 41.7 Å². The molecule has 1 heterocycles. The Bertz CT molecular complexity index is 1470. The molecule has 1 aliphatic carbocycles. The number of sulfone groups is 1. The SMILES string of the molecule is O=S(=O)(c1ccc2c(c1)CCC2)C1(c2ccc(C(F)(C(F)(F)F)C(F)(F)F)cc2)CCN(Cc2ccccc2)C1. The number of alkyl halides is 7. The molecule has 214 valence electrons. The number of likely N-dealkylation sites (tertiary alicyclic amines) is 1. The van der Waals surface area contributed by atoms with Gasteiger partial charge in [0.05, 0.1) is 4.90 Å². The lowest BCUT2D eigenvalue weighted by Crippen LogP contribution is -2.50. The summed E-state index contributed by atoms with van der Waals surface area (Å²) >= 11 is 0. The van der Waals surface area contributed by atoms with Crippen LogP contribution in [-0.2, 0) is 39.6 Å². The van der Waals surface area contributed by atoms with Crippen molar-refractivity contribution in [2.24, 2.45) is 0 Å². The van der Waals surface area contributed by atoms with Crippen LogP contribution in [0.2, 0.25) is 0 Å². The maximum atomic E-state index is 14.7. The van der Waals surface area contributed by atoms with Crippen LogP contribution >= 0.6 is 0 Å². The molecule has 0 amide bonds. The Kier molecular flexibility index (Phi) is 7.06. The average molecular weight is 586 g/mol. The Morgan fingerprint density at radius 3 is 2.02 bits per heavy atom. The van der Waals surface area contributed by atoms with E-state index in [1.165, 1.54) is 6.07 Å². The van der Waals surface area contributed by atoms with E-state index in [9.17, 15) is 39.2 Å². The lowest BCUT2D eigenvalue weighted by molar-refractivity contribution is -0.348. The second kappa shape index (κ2) is 9.87. The Labute approximate surface area is 227 Å². The van der Waals surface area contributed by atoms with Crippen LogP contribution < -0.4 is 0 Å². The highest BCUT2D eigenvalue weighted by molar-refractivity contribution is 7.92. The van der Waals surface area contributed by atoms with Crippen molar-refractivity contribution in [3.05, 3.63) is 101 Å². The molecule has 40 heavy (non-hydrogen) atoms. The third-order valence-corrected chi connectivity index (χ3v) is 10.5. The van der Waals surface area contributed by atoms with Gasteiger partial charge in [0, 0.05) is 25.2 Å². The minimum atomic E-state index is -6.26. The van der Waals surface area contributed by atoms with Crippen molar-refractivity contribution in [1.29, 1.82) is 0 Å². The number of fused-ring (bicyclic) bond motifs is 1. The molecule has 1 fully saturated rings. The molecule has 1 aliphatic heterocycles. The van der Waals surface area contributed by atoms with Gasteiger partial charge >= 0.3 is 18.0 Å². The topological polar surface area (TPSA) is 37.4 Å². The number of aryl methyl sites for hydroxylation is 2. The quantitative estimate of drug-likeness (QED) is 0.291. The normalized spacial score (nSPS) is 20.6. The first-order chi connectivity index (χ1) is 18.7. The molecular weight excluding hydrogens is 559 g/mol. The van der Waals surface area contributed by atoms with E-state index in [0.29, 0.717) is 31.6 Å². The summed E-state index contributed by atoms with van der Waals surface area (Å²) in [5.41, 5.74) is -4.36. The van der Waals surface area contributed by atoms with Gasteiger partial charge in [0.1, 0.15) is 4.75 Å². The highest BCUT2D eigenvalue weighted by Crippen LogP contribution is 2.54. The summed E-state index contributed by atoms with van der Waals surface area (Å²) in [5, 5.41) is 0. The molecule has 1 unspecified atom stereocenters. The molecule has 0 bridgehead atoms. The molecule has 0 N–H and O–H groups in total. The maximum absolute atomic E-state index is 14.7. The van der Waals surface area contributed by atoms with Gasteiger partial charge in [-0.05, 0) is 60.1 Å². The molecule has 3 nitrogen and oxygen atoms in total. The van der Waals surface area contributed by atoms with Crippen LogP contribution in [0.15, 0.2) is 77.7 Å². The van der Waals surface area contributed by atoms with Gasteiger partial charge in [-0.15, -0.1) is 0 Å². The van der Waals surface area contributed by atoms with Crippen LogP contribution in [0.5, 0.6) is 0 Å². The van der Waals surface area contributed by atoms with Gasteiger partial charge in [-0.25, -0.2) is 12.8 Å². The Morgan fingerprint density at radius 1 is 0.775 bits per heavy atom. The largest absolute Gasteiger partial charge is 0.435 e. The van der Waals surface area contributed by atoms with Crippen molar-refractivity contribution >= 4 is 9.84 Å². The zero-order valence-electron chi connectivity index (χ0n) is 21.2. The summed E-state index contributed by atoms with van der Waals surface area (Å²) in [5.74, 6) is 0. The number of halogens is 7. The zero-order chi connectivity index (χ0) is 29.0. The number of hydrogen-bond donors (Lipinski definition) is 0. The van der Waals surface area contributed by atoms with E-state index < -0.39 is 38.2 Å². The van der Waals surface area contributed by atoms with E-state index in [1.54, 1.807) is 12.1 Å². The van der Waals surface area contributed by atoms with Crippen molar-refractivity contribution < 1.29 is 39.2 Å². The fourth-order valence-electron chi connectivity index (χ4n) is 5.88. The van der Waals surface area contributed by atoms with Crippen LogP contribution in [0, 0.1) is 0 Å². The van der Waals surface area contributed by atoms with E-state index in [2.05, 4.69) is 0 Å². The number of hydrogen-bond acceptors (Lipinski definition) is 3. The molecule has 0 saturated carbocycles. The first-order valence-corrected chi connectivity index (χ1v) is 14.2. The van der Waals surface area contributed by atoms with Crippen molar-refractivity contribution in [1.82, 2.24) is 4.90 Å². The predicted molar refractivity (Wildman–Crippen MR) is 135 cm³/mol. The molecular formula is C29H26F7NO2S. The maximum Gasteiger partial charge on any atom is 0.435 e. The third-order valence-electron chi connectivity index (χ3n) is 8.04. The molecule has 11 heteroatoms. The summed E-state index contributed by atoms with van der Waals surface area (Å²) in [6, 6.07) is 16.7. The highest BCUT2D eigenvalue weighted by atomic mass is 32.2. The Morgan fingerprint density at radius 2 is 1.40 bits per heavy atom. The van der Waals surface area contributed by atoms with Crippen molar-refractivity contribution in [3.63, 3.8) is 0 Å². The minimum absolute atomic E-state index is 0.0130. The smallest absolute Gasteiger partial charge is 0.297 e. The van der Waals surface area contributed by atoms with E-state index in [1.807, 2.05) is 35.2 Å². The molecule has 1 saturated heterocycles. The van der Waals surface area contributed by atoms with Crippen molar-refractivity contribution in [3.8, 4) is 0 Å². The second-order valence-electron chi connectivity index (χ2n) is 10.5. The van der Waals surface area contributed by atoms with E-state index in [-0.39, 0.29) is 23.4 Å². The standard InChI is InChI=1S/C29H26F7NO2S/c30-27(28(31,32)33,29(34,35)36)24-12-10-23(11-13-24)26(15-16-37(19-26)18-20-5-2-1-3-6-20)40(38,39)25-14-9-21-7-4-8-22(21)17-25/h1-3,5-6,9-14,17H,4,7-8,15-16,18-19H2. The fraction of sp³-hybridized carbons (Fsp3) is 0.379. The second-order valence-corrected chi connectivity index (χ2v) is 12.7. The fourth-order valence-corrected chi connectivity index (χ4v) is 8.03. The monoisotopic (exact) mass is 585 g/mol. The summed E-state index contributed by atoms with van der Waals surface area (Å²) in [6.45, 7) is 0.676. The minimum Gasteiger partial charge on any atom is -0.297 e. The van der Waals surface area contributed by atoms with Gasteiger partial charge in [0.25, 0.3) is 0 Å². The van der Waals surface area contributed by atoms with Crippen LogP contribution in [0.25, 0.3) is 0 Å². The zero-order valence-corrected chi connectivity index (χ0v) is 22.0. The van der Waals surface area contributed by atoms with Crippen molar-refractivity contribution in [2.45, 2.75) is 59.9 Å². The van der Waals surface area contributed by atoms with Gasteiger partial charge in [0.2, 0.25) is 0 Å². The van der Waals surface area contributed by atoms with E-state index in [4.69, 9.17) is 0 Å². The molecule has 5 rings (SSSR count). The molecule has 3 aromatic rings. The Hall–Kier alpha value is -2.92. The van der Waals surface area contributed by atoms with Crippen LogP contribution in [0.4, 0.5) is 30.7 Å². The van der Waals surface area contributed by atoms with E-state index >= 15 is 0 Å². The number of benzene rings is 3. The predicted octanol–water partition coefficient (Wildman–Crippen LogP) is 7.04. The van der Waals surface area contributed by atoms with Gasteiger partial charge < -0.3 is 0 Å². The number of rotatable bonds is 6. The first kappa shape index (κ1) is 28.6. The third kappa shape index (κ3) is 4.60. The molecule has 0 radical (unpaired) electrons. The highest BCUT2D eigenvalue weighted by Gasteiger charge is 2.73. The molecule has 0 aromatic heterocycles. The molecule has 3 aromatic carbocycles. The summed E-state index contributed by atoms with van der Waals surface area (Å²) < 4.78 is 122. The van der Waals surface area contributed by atoms with Crippen molar-refractivity contribution in [2.75, 3.05) is 13.1 Å². The van der Waals surface area contributed by atoms with Gasteiger partial charge in [0.15, 0.2) is 9.84 Å². The summed E-state index contributed by atoms with van der Waals surface area (Å²) in [4.78, 5) is 1.93. The Balaban J connectivity index is 1.59. The lowest BCUT2D eigenvalue weighted by atomic mass is 9.90. The average Bonchev–Trinajstić information content (AvgIpc) is 3.55.